The average Bonchev–Trinajstić information content (AvgIpc) is 3.22. The number of hydrogen-bond donors (Lipinski definition) is 0. The number of nitrogens with zero attached hydrogens (tertiary/aromatic N) is 3. The molecule has 1 aromatic carbocycles. The maximum Gasteiger partial charge on any atom is 0.350 e. The third-order valence-corrected chi connectivity index (χ3v) is 7.98. The summed E-state index contributed by atoms with van der Waals surface area (Å²) in [6, 6.07) is 10.4. The van der Waals surface area contributed by atoms with Crippen LogP contribution >= 0.6 is 8.53 Å². The lowest BCUT2D eigenvalue weighted by atomic mass is 10.2. The molecule has 0 radical (unpaired) electrons. The fourth-order valence-electron chi connectivity index (χ4n) is 4.13. The van der Waals surface area contributed by atoms with Gasteiger partial charge in [-0.1, -0.05) is 18.2 Å². The molecule has 2 heterocycles. The fraction of sp³-hybridized carbons (Fsp3) is 0.536. The molecule has 9 nitrogen and oxygen atoms in total. The highest BCUT2D eigenvalue weighted by molar-refractivity contribution is 7.44. The molecule has 3 rings (SSSR count). The molecule has 11 heteroatoms. The van der Waals surface area contributed by atoms with E-state index in [1.165, 1.54) is 12.3 Å². The van der Waals surface area contributed by atoms with Crippen molar-refractivity contribution in [2.75, 3.05) is 13.2 Å². The van der Waals surface area contributed by atoms with Crippen molar-refractivity contribution in [3.63, 3.8) is 0 Å². The van der Waals surface area contributed by atoms with Gasteiger partial charge in [-0.05, 0) is 52.8 Å². The molecule has 2 aromatic rings. The quantitative estimate of drug-likeness (QED) is 0.189. The average molecular weight is 563 g/mol. The summed E-state index contributed by atoms with van der Waals surface area (Å²) in [5.41, 5.74) is -0.541. The van der Waals surface area contributed by atoms with Gasteiger partial charge in [0, 0.05) is 26.1 Å². The molecule has 1 fully saturated rings. The lowest BCUT2D eigenvalue weighted by Crippen LogP contribution is -2.38. The molecular formula is C28H37FN3O6P. The Kier molecular flexibility index (Phi) is 11.0. The second kappa shape index (κ2) is 14.6. The largest absolute Gasteiger partial charge is 0.486 e. The van der Waals surface area contributed by atoms with Crippen LogP contribution in [0, 0.1) is 12.3 Å². The lowest BCUT2D eigenvalue weighted by Gasteiger charge is -2.37. The Bertz CT molecular complexity index is 1190. The summed E-state index contributed by atoms with van der Waals surface area (Å²) in [5.74, 6) is 2.81. The van der Waals surface area contributed by atoms with E-state index in [2.05, 4.69) is 10.9 Å². The van der Waals surface area contributed by atoms with E-state index >= 15 is 4.39 Å². The van der Waals surface area contributed by atoms with E-state index in [1.54, 1.807) is 24.3 Å². The van der Waals surface area contributed by atoms with Crippen LogP contribution in [0.5, 0.6) is 5.75 Å². The predicted octanol–water partition coefficient (Wildman–Crippen LogP) is 4.46. The number of para-hydroxylation sites is 1. The van der Waals surface area contributed by atoms with Crippen LogP contribution in [0.15, 0.2) is 47.4 Å². The van der Waals surface area contributed by atoms with E-state index in [1.807, 2.05) is 38.4 Å². The van der Waals surface area contributed by atoms with E-state index in [-0.39, 0.29) is 50.1 Å². The van der Waals surface area contributed by atoms with Crippen LogP contribution in [-0.2, 0) is 25.0 Å². The van der Waals surface area contributed by atoms with Gasteiger partial charge in [0.2, 0.25) is 0 Å². The first-order valence-corrected chi connectivity index (χ1v) is 14.0. The van der Waals surface area contributed by atoms with Crippen LogP contribution in [0.25, 0.3) is 0 Å². The van der Waals surface area contributed by atoms with Crippen molar-refractivity contribution in [2.24, 2.45) is 0 Å². The molecule has 1 aliphatic heterocycles. The number of hydrogen-bond acceptors (Lipinski definition) is 8. The normalized spacial score (nSPS) is 22.2. The maximum atomic E-state index is 15.9. The second-order valence-electron chi connectivity index (χ2n) is 9.60. The van der Waals surface area contributed by atoms with Crippen molar-refractivity contribution in [1.82, 2.24) is 14.2 Å². The van der Waals surface area contributed by atoms with Crippen LogP contribution in [0.1, 0.15) is 54.3 Å². The number of Topliss-reactive ketones (excluding diaryl/α,β-unsaturated/α-hetero) is 1. The number of rotatable bonds is 14. The standard InChI is InChI=1S/C28H37FN3O6P/c1-7-8-16-36-39(32(19(2)3)20(4)5)38-26-21(6)37-27(25(26)29)31-15-14-22(30-28(31)34)17-23(33)18-35-24-12-10-9-11-13-24/h1,9-15,19-21,25-27H,8,16-18H2,2-6H3/i6D. The maximum absolute atomic E-state index is 15.9. The summed E-state index contributed by atoms with van der Waals surface area (Å²) in [5, 5.41) is 0. The monoisotopic (exact) mass is 562 g/mol. The Balaban J connectivity index is 1.72. The molecule has 212 valence electrons. The molecular weight excluding hydrogens is 524 g/mol. The van der Waals surface area contributed by atoms with E-state index in [0.29, 0.717) is 12.2 Å². The molecule has 0 spiro atoms. The Morgan fingerprint density at radius 2 is 2.00 bits per heavy atom. The zero-order valence-corrected chi connectivity index (χ0v) is 23.6. The van der Waals surface area contributed by atoms with Crippen LogP contribution in [0.4, 0.5) is 4.39 Å². The molecule has 0 aliphatic carbocycles. The number of halogens is 1. The number of aromatic nitrogens is 2. The van der Waals surface area contributed by atoms with Crippen LogP contribution in [0.2, 0.25) is 0 Å². The van der Waals surface area contributed by atoms with Gasteiger partial charge in [0.25, 0.3) is 8.53 Å². The SMILES string of the molecule is [2H]CC1OC(n2ccc(CC(=O)COc3ccccc3)nc2=O)C(F)C1OP(OCCC#C)N(C(C)C)C(C)C. The van der Waals surface area contributed by atoms with Crippen molar-refractivity contribution < 1.29 is 29.1 Å². The van der Waals surface area contributed by atoms with Crippen molar-refractivity contribution in [3.8, 4) is 18.1 Å². The van der Waals surface area contributed by atoms with E-state index in [4.69, 9.17) is 26.3 Å². The van der Waals surface area contributed by atoms with Gasteiger partial charge in [0.15, 0.2) is 18.2 Å². The van der Waals surface area contributed by atoms with Crippen molar-refractivity contribution in [3.05, 3.63) is 58.8 Å². The molecule has 39 heavy (non-hydrogen) atoms. The first-order chi connectivity index (χ1) is 19.2. The number of carbonyl (C=O) groups excluding carboxylic acids is 1. The summed E-state index contributed by atoms with van der Waals surface area (Å²) >= 11 is 0. The van der Waals surface area contributed by atoms with Gasteiger partial charge in [0.1, 0.15) is 18.5 Å². The number of alkyl halides is 1. The molecule has 5 unspecified atom stereocenters. The van der Waals surface area contributed by atoms with Gasteiger partial charge in [0.05, 0.1) is 24.8 Å². The topological polar surface area (TPSA) is 92.1 Å². The minimum atomic E-state index is -1.77. The van der Waals surface area contributed by atoms with E-state index in [9.17, 15) is 9.59 Å². The molecule has 0 N–H and O–H groups in total. The third kappa shape index (κ3) is 8.41. The molecule has 5 atom stereocenters. The van der Waals surface area contributed by atoms with Crippen LogP contribution < -0.4 is 10.4 Å². The number of carbonyl (C=O) groups is 1. The van der Waals surface area contributed by atoms with Crippen molar-refractivity contribution >= 4 is 14.3 Å². The first kappa shape index (κ1) is 29.3. The molecule has 1 aromatic heterocycles. The summed E-state index contributed by atoms with van der Waals surface area (Å²) in [7, 11) is -1.73. The zero-order valence-electron chi connectivity index (χ0n) is 23.7. The zero-order chi connectivity index (χ0) is 29.2. The Labute approximate surface area is 232 Å². The Morgan fingerprint density at radius 1 is 1.28 bits per heavy atom. The second-order valence-corrected chi connectivity index (χ2v) is 11.0. The van der Waals surface area contributed by atoms with E-state index < -0.39 is 38.8 Å². The predicted molar refractivity (Wildman–Crippen MR) is 147 cm³/mol. The van der Waals surface area contributed by atoms with Crippen molar-refractivity contribution in [1.29, 1.82) is 0 Å². The van der Waals surface area contributed by atoms with Gasteiger partial charge < -0.3 is 18.5 Å². The Morgan fingerprint density at radius 3 is 2.62 bits per heavy atom. The van der Waals surface area contributed by atoms with Crippen LogP contribution in [0.3, 0.4) is 0 Å². The number of ketones is 1. The minimum absolute atomic E-state index is 0.0303. The van der Waals surface area contributed by atoms with E-state index in [0.717, 1.165) is 4.57 Å². The molecule has 1 aliphatic rings. The lowest BCUT2D eigenvalue weighted by molar-refractivity contribution is -0.120. The smallest absolute Gasteiger partial charge is 0.350 e. The first-order valence-electron chi connectivity index (χ1n) is 13.5. The summed E-state index contributed by atoms with van der Waals surface area (Å²) in [4.78, 5) is 29.1. The third-order valence-electron chi connectivity index (χ3n) is 5.86. The highest BCUT2D eigenvalue weighted by Crippen LogP contribution is 2.50. The van der Waals surface area contributed by atoms with Gasteiger partial charge in [-0.15, -0.1) is 12.3 Å². The molecule has 0 saturated carbocycles. The van der Waals surface area contributed by atoms with Crippen LogP contribution in [-0.4, -0.2) is 63.7 Å². The van der Waals surface area contributed by atoms with Crippen molar-refractivity contribution in [2.45, 2.75) is 84.1 Å². The molecule has 0 amide bonds. The molecule has 0 bridgehead atoms. The van der Waals surface area contributed by atoms with Gasteiger partial charge in [-0.25, -0.2) is 13.9 Å². The van der Waals surface area contributed by atoms with Gasteiger partial charge in [-0.2, -0.15) is 4.98 Å². The highest BCUT2D eigenvalue weighted by atomic mass is 31.2. The highest BCUT2D eigenvalue weighted by Gasteiger charge is 2.48. The van der Waals surface area contributed by atoms with Gasteiger partial charge >= 0.3 is 5.69 Å². The summed E-state index contributed by atoms with van der Waals surface area (Å²) in [6.45, 7) is 7.71. The number of ether oxygens (including phenoxy) is 2. The summed E-state index contributed by atoms with van der Waals surface area (Å²) < 4.78 is 50.2. The van der Waals surface area contributed by atoms with Gasteiger partial charge in [-0.3, -0.25) is 9.36 Å². The fourth-order valence-corrected chi connectivity index (χ4v) is 5.89. The number of terminal acetylenes is 1. The minimum Gasteiger partial charge on any atom is -0.486 e. The summed E-state index contributed by atoms with van der Waals surface area (Å²) in [6.07, 6.45) is 1.75. The molecule has 1 saturated heterocycles. The number of benzene rings is 1. The Hall–Kier alpha value is -2.67.